The molecule has 0 aromatic heterocycles. The Hall–Kier alpha value is -1.15. The van der Waals surface area contributed by atoms with Crippen LogP contribution in [0.2, 0.25) is 0 Å². The Morgan fingerprint density at radius 2 is 1.93 bits per heavy atom. The summed E-state index contributed by atoms with van der Waals surface area (Å²) in [5, 5.41) is 3.33. The summed E-state index contributed by atoms with van der Waals surface area (Å²) >= 11 is 0. The van der Waals surface area contributed by atoms with Crippen LogP contribution in [0, 0.1) is 5.82 Å². The molecule has 2 heteroatoms. The lowest BCUT2D eigenvalue weighted by molar-refractivity contribution is 0.622. The SMILES string of the molecule is CC(=Cc1ccc(F)cc1)CNC(C)C. The van der Waals surface area contributed by atoms with Crippen LogP contribution in [0.4, 0.5) is 4.39 Å². The summed E-state index contributed by atoms with van der Waals surface area (Å²) in [6, 6.07) is 7.02. The van der Waals surface area contributed by atoms with Gasteiger partial charge in [0.2, 0.25) is 0 Å². The maximum absolute atomic E-state index is 12.6. The molecule has 0 atom stereocenters. The van der Waals surface area contributed by atoms with Gasteiger partial charge in [-0.15, -0.1) is 0 Å². The Balaban J connectivity index is 2.58. The summed E-state index contributed by atoms with van der Waals surface area (Å²) in [5.74, 6) is -0.190. The third kappa shape index (κ3) is 4.75. The predicted octanol–water partition coefficient (Wildman–Crippen LogP) is 3.23. The van der Waals surface area contributed by atoms with Gasteiger partial charge in [-0.1, -0.05) is 37.6 Å². The minimum atomic E-state index is -0.190. The zero-order valence-corrected chi connectivity index (χ0v) is 9.55. The zero-order valence-electron chi connectivity index (χ0n) is 9.55. The van der Waals surface area contributed by atoms with Gasteiger partial charge >= 0.3 is 0 Å². The van der Waals surface area contributed by atoms with E-state index in [0.717, 1.165) is 12.1 Å². The van der Waals surface area contributed by atoms with E-state index >= 15 is 0 Å². The van der Waals surface area contributed by atoms with Crippen molar-refractivity contribution >= 4 is 6.08 Å². The summed E-state index contributed by atoms with van der Waals surface area (Å²) in [4.78, 5) is 0. The summed E-state index contributed by atoms with van der Waals surface area (Å²) < 4.78 is 12.6. The van der Waals surface area contributed by atoms with Crippen molar-refractivity contribution in [3.8, 4) is 0 Å². The van der Waals surface area contributed by atoms with Gasteiger partial charge in [0.1, 0.15) is 5.82 Å². The van der Waals surface area contributed by atoms with E-state index in [0.29, 0.717) is 6.04 Å². The van der Waals surface area contributed by atoms with Crippen molar-refractivity contribution in [3.05, 3.63) is 41.2 Å². The Kier molecular flexibility index (Phi) is 4.50. The Morgan fingerprint density at radius 1 is 1.33 bits per heavy atom. The fourth-order valence-electron chi connectivity index (χ4n) is 1.26. The topological polar surface area (TPSA) is 12.0 Å². The second-order valence-corrected chi connectivity index (χ2v) is 4.08. The number of hydrogen-bond donors (Lipinski definition) is 1. The number of benzene rings is 1. The van der Waals surface area contributed by atoms with Gasteiger partial charge in [-0.2, -0.15) is 0 Å². The van der Waals surface area contributed by atoms with Crippen molar-refractivity contribution in [1.29, 1.82) is 0 Å². The third-order valence-electron chi connectivity index (χ3n) is 2.07. The lowest BCUT2D eigenvalue weighted by Crippen LogP contribution is -2.24. The van der Waals surface area contributed by atoms with Crippen LogP contribution in [-0.2, 0) is 0 Å². The normalized spacial score (nSPS) is 12.2. The third-order valence-corrected chi connectivity index (χ3v) is 2.07. The zero-order chi connectivity index (χ0) is 11.3. The largest absolute Gasteiger partial charge is 0.311 e. The van der Waals surface area contributed by atoms with Gasteiger partial charge in [0.05, 0.1) is 0 Å². The quantitative estimate of drug-likeness (QED) is 0.799. The Morgan fingerprint density at radius 3 is 2.47 bits per heavy atom. The molecule has 0 fully saturated rings. The molecular formula is C13H18FN. The minimum Gasteiger partial charge on any atom is -0.311 e. The molecule has 82 valence electrons. The van der Waals surface area contributed by atoms with Crippen LogP contribution in [0.3, 0.4) is 0 Å². The van der Waals surface area contributed by atoms with E-state index in [-0.39, 0.29) is 5.82 Å². The Bertz CT molecular complexity index is 325. The van der Waals surface area contributed by atoms with E-state index in [1.807, 2.05) is 0 Å². The van der Waals surface area contributed by atoms with Gasteiger partial charge in [0.25, 0.3) is 0 Å². The fourth-order valence-corrected chi connectivity index (χ4v) is 1.26. The molecule has 15 heavy (non-hydrogen) atoms. The standard InChI is InChI=1S/C13H18FN/c1-10(2)15-9-11(3)8-12-4-6-13(14)7-5-12/h4-8,10,15H,9H2,1-3H3. The second-order valence-electron chi connectivity index (χ2n) is 4.08. The molecule has 0 bridgehead atoms. The van der Waals surface area contributed by atoms with Gasteiger partial charge in [-0.05, 0) is 24.6 Å². The predicted molar refractivity (Wildman–Crippen MR) is 63.2 cm³/mol. The van der Waals surface area contributed by atoms with Gasteiger partial charge in [-0.3, -0.25) is 0 Å². The lowest BCUT2D eigenvalue weighted by atomic mass is 10.1. The average Bonchev–Trinajstić information content (AvgIpc) is 2.19. The number of rotatable bonds is 4. The molecule has 0 spiro atoms. The van der Waals surface area contributed by atoms with Crippen molar-refractivity contribution in [1.82, 2.24) is 5.32 Å². The summed E-state index contributed by atoms with van der Waals surface area (Å²) in [6.45, 7) is 7.17. The van der Waals surface area contributed by atoms with Crippen LogP contribution in [-0.4, -0.2) is 12.6 Å². The smallest absolute Gasteiger partial charge is 0.123 e. The highest BCUT2D eigenvalue weighted by atomic mass is 19.1. The molecule has 0 saturated carbocycles. The molecule has 0 radical (unpaired) electrons. The summed E-state index contributed by atoms with van der Waals surface area (Å²) in [6.07, 6.45) is 2.06. The molecule has 1 aromatic carbocycles. The van der Waals surface area contributed by atoms with E-state index < -0.39 is 0 Å². The first kappa shape index (κ1) is 11.9. The maximum atomic E-state index is 12.6. The minimum absolute atomic E-state index is 0.190. The number of hydrogen-bond acceptors (Lipinski definition) is 1. The monoisotopic (exact) mass is 207 g/mol. The lowest BCUT2D eigenvalue weighted by Gasteiger charge is -2.08. The van der Waals surface area contributed by atoms with Crippen molar-refractivity contribution in [2.75, 3.05) is 6.54 Å². The molecule has 0 aliphatic carbocycles. The molecule has 1 aromatic rings. The van der Waals surface area contributed by atoms with Crippen LogP contribution in [0.15, 0.2) is 29.8 Å². The highest BCUT2D eigenvalue weighted by Gasteiger charge is 1.94. The number of halogens is 1. The molecule has 1 nitrogen and oxygen atoms in total. The summed E-state index contributed by atoms with van der Waals surface area (Å²) in [7, 11) is 0. The molecule has 1 rings (SSSR count). The van der Waals surface area contributed by atoms with E-state index in [9.17, 15) is 4.39 Å². The highest BCUT2D eigenvalue weighted by molar-refractivity contribution is 5.52. The van der Waals surface area contributed by atoms with Crippen LogP contribution < -0.4 is 5.32 Å². The molecular weight excluding hydrogens is 189 g/mol. The van der Waals surface area contributed by atoms with Crippen molar-refractivity contribution < 1.29 is 4.39 Å². The van der Waals surface area contributed by atoms with E-state index in [4.69, 9.17) is 0 Å². The first-order chi connectivity index (χ1) is 7.08. The van der Waals surface area contributed by atoms with Gasteiger partial charge in [-0.25, -0.2) is 4.39 Å². The molecule has 0 aliphatic heterocycles. The molecule has 0 amide bonds. The van der Waals surface area contributed by atoms with Crippen molar-refractivity contribution in [3.63, 3.8) is 0 Å². The van der Waals surface area contributed by atoms with Gasteiger partial charge in [0.15, 0.2) is 0 Å². The molecule has 1 N–H and O–H groups in total. The first-order valence-electron chi connectivity index (χ1n) is 5.24. The Labute approximate surface area is 91.0 Å². The van der Waals surface area contributed by atoms with Crippen LogP contribution >= 0.6 is 0 Å². The van der Waals surface area contributed by atoms with Crippen molar-refractivity contribution in [2.24, 2.45) is 0 Å². The van der Waals surface area contributed by atoms with E-state index in [2.05, 4.69) is 32.2 Å². The maximum Gasteiger partial charge on any atom is 0.123 e. The molecule has 0 heterocycles. The van der Waals surface area contributed by atoms with E-state index in [1.54, 1.807) is 12.1 Å². The summed E-state index contributed by atoms with van der Waals surface area (Å²) in [5.41, 5.74) is 2.29. The average molecular weight is 207 g/mol. The van der Waals surface area contributed by atoms with Gasteiger partial charge in [0, 0.05) is 12.6 Å². The molecule has 0 saturated heterocycles. The second kappa shape index (κ2) is 5.66. The first-order valence-corrected chi connectivity index (χ1v) is 5.24. The van der Waals surface area contributed by atoms with Gasteiger partial charge < -0.3 is 5.32 Å². The van der Waals surface area contributed by atoms with Crippen LogP contribution in [0.25, 0.3) is 6.08 Å². The molecule has 0 unspecified atom stereocenters. The van der Waals surface area contributed by atoms with Crippen LogP contribution in [0.5, 0.6) is 0 Å². The highest BCUT2D eigenvalue weighted by Crippen LogP contribution is 2.07. The number of nitrogens with one attached hydrogen (secondary N) is 1. The van der Waals surface area contributed by atoms with E-state index in [1.165, 1.54) is 17.7 Å². The van der Waals surface area contributed by atoms with Crippen LogP contribution in [0.1, 0.15) is 26.3 Å². The molecule has 0 aliphatic rings. The van der Waals surface area contributed by atoms with Crippen molar-refractivity contribution in [2.45, 2.75) is 26.8 Å². The fraction of sp³-hybridized carbons (Fsp3) is 0.385.